The number of alkyl halides is 3. The van der Waals surface area contributed by atoms with Crippen molar-refractivity contribution in [2.45, 2.75) is 44.9 Å². The number of nitrogens with zero attached hydrogens (tertiary/aromatic N) is 4. The third-order valence-corrected chi connectivity index (χ3v) is 5.74. The number of pyridine rings is 1. The number of carbonyl (C=O) groups excluding carboxylic acids is 1. The maximum atomic E-state index is 12.6. The summed E-state index contributed by atoms with van der Waals surface area (Å²) < 4.78 is 37.9. The van der Waals surface area contributed by atoms with Gasteiger partial charge in [0.25, 0.3) is 0 Å². The van der Waals surface area contributed by atoms with Crippen LogP contribution in [0.5, 0.6) is 0 Å². The van der Waals surface area contributed by atoms with E-state index in [4.69, 9.17) is 0 Å². The minimum Gasteiger partial charge on any atom is -0.338 e. The van der Waals surface area contributed by atoms with E-state index in [0.717, 1.165) is 70.2 Å². The van der Waals surface area contributed by atoms with Crippen molar-refractivity contribution in [3.8, 4) is 0 Å². The van der Waals surface area contributed by atoms with Crippen molar-refractivity contribution >= 4 is 6.03 Å². The molecule has 0 saturated carbocycles. The van der Waals surface area contributed by atoms with Gasteiger partial charge >= 0.3 is 12.2 Å². The lowest BCUT2D eigenvalue weighted by atomic mass is 10.0. The number of amides is 2. The summed E-state index contributed by atoms with van der Waals surface area (Å²) in [6, 6.07) is 3.10. The molecule has 0 bridgehead atoms. The first-order valence-corrected chi connectivity index (χ1v) is 10.4. The van der Waals surface area contributed by atoms with E-state index < -0.39 is 11.9 Å². The van der Waals surface area contributed by atoms with E-state index in [0.29, 0.717) is 19.1 Å². The largest absolute Gasteiger partial charge is 0.433 e. The predicted molar refractivity (Wildman–Crippen MR) is 104 cm³/mol. The number of hydrogen-bond donors (Lipinski definition) is 1. The molecule has 2 amide bonds. The molecule has 0 radical (unpaired) electrons. The Hall–Kier alpha value is -1.87. The van der Waals surface area contributed by atoms with Crippen LogP contribution in [0.15, 0.2) is 18.3 Å². The van der Waals surface area contributed by atoms with Crippen LogP contribution in [0.25, 0.3) is 0 Å². The molecule has 2 saturated heterocycles. The van der Waals surface area contributed by atoms with Crippen LogP contribution in [0, 0.1) is 0 Å². The van der Waals surface area contributed by atoms with Crippen LogP contribution in [-0.2, 0) is 12.7 Å². The van der Waals surface area contributed by atoms with Crippen molar-refractivity contribution in [3.63, 3.8) is 0 Å². The van der Waals surface area contributed by atoms with Crippen LogP contribution in [0.4, 0.5) is 18.0 Å². The molecule has 9 heteroatoms. The molecule has 0 unspecified atom stereocenters. The van der Waals surface area contributed by atoms with Gasteiger partial charge in [-0.1, -0.05) is 6.07 Å². The van der Waals surface area contributed by atoms with Crippen molar-refractivity contribution in [3.05, 3.63) is 29.6 Å². The molecule has 1 aromatic rings. The third-order valence-electron chi connectivity index (χ3n) is 5.74. The van der Waals surface area contributed by atoms with Crippen molar-refractivity contribution in [2.75, 3.05) is 45.8 Å². The molecule has 0 spiro atoms. The van der Waals surface area contributed by atoms with E-state index >= 15 is 0 Å². The van der Waals surface area contributed by atoms with Gasteiger partial charge in [0.15, 0.2) is 0 Å². The number of hydrogen-bond acceptors (Lipinski definition) is 4. The highest BCUT2D eigenvalue weighted by atomic mass is 19.4. The van der Waals surface area contributed by atoms with Crippen LogP contribution >= 0.6 is 0 Å². The summed E-state index contributed by atoms with van der Waals surface area (Å²) in [5.74, 6) is 0. The Morgan fingerprint density at radius 1 is 1.14 bits per heavy atom. The zero-order valence-electron chi connectivity index (χ0n) is 16.9. The average Bonchev–Trinajstić information content (AvgIpc) is 2.95. The van der Waals surface area contributed by atoms with Gasteiger partial charge < -0.3 is 10.2 Å². The fraction of sp³-hybridized carbons (Fsp3) is 0.700. The molecule has 6 nitrogen and oxygen atoms in total. The lowest BCUT2D eigenvalue weighted by molar-refractivity contribution is -0.141. The molecule has 1 N–H and O–H groups in total. The van der Waals surface area contributed by atoms with Gasteiger partial charge in [-0.2, -0.15) is 13.2 Å². The molecule has 0 aliphatic carbocycles. The second kappa shape index (κ2) is 9.75. The third kappa shape index (κ3) is 6.05. The SMILES string of the molecule is CCNC(=O)N1CCCN(C2CCN(Cc3ccc(C(F)(F)F)nc3)CC2)CC1. The number of halogens is 3. The number of aromatic nitrogens is 1. The van der Waals surface area contributed by atoms with Gasteiger partial charge in [-0.3, -0.25) is 14.8 Å². The Bertz CT molecular complexity index is 659. The van der Waals surface area contributed by atoms with Gasteiger partial charge in [0.2, 0.25) is 0 Å². The van der Waals surface area contributed by atoms with Gasteiger partial charge in [-0.25, -0.2) is 4.79 Å². The van der Waals surface area contributed by atoms with Crippen molar-refractivity contribution in [1.29, 1.82) is 0 Å². The Morgan fingerprint density at radius 2 is 1.90 bits per heavy atom. The zero-order chi connectivity index (χ0) is 20.9. The van der Waals surface area contributed by atoms with Crippen LogP contribution in [0.3, 0.4) is 0 Å². The lowest BCUT2D eigenvalue weighted by Crippen LogP contribution is -2.46. The first-order valence-electron chi connectivity index (χ1n) is 10.4. The van der Waals surface area contributed by atoms with Gasteiger partial charge in [0.05, 0.1) is 0 Å². The Kier molecular flexibility index (Phi) is 7.34. The van der Waals surface area contributed by atoms with Gasteiger partial charge in [-0.05, 0) is 50.9 Å². The van der Waals surface area contributed by atoms with Crippen LogP contribution in [0.2, 0.25) is 0 Å². The summed E-state index contributed by atoms with van der Waals surface area (Å²) in [5.41, 5.74) is -0.0356. The van der Waals surface area contributed by atoms with E-state index in [1.807, 2.05) is 11.8 Å². The molecule has 29 heavy (non-hydrogen) atoms. The normalized spacial score (nSPS) is 20.5. The van der Waals surface area contributed by atoms with Crippen molar-refractivity contribution in [2.24, 2.45) is 0 Å². The molecule has 162 valence electrons. The minimum atomic E-state index is -4.39. The number of nitrogens with one attached hydrogen (secondary N) is 1. The summed E-state index contributed by atoms with van der Waals surface area (Å²) in [5, 5.41) is 2.87. The molecule has 3 rings (SSSR count). The predicted octanol–water partition coefficient (Wildman–Crippen LogP) is 2.80. The molecule has 2 aliphatic heterocycles. The minimum absolute atomic E-state index is 0.0225. The Balaban J connectivity index is 1.45. The fourth-order valence-electron chi connectivity index (χ4n) is 4.16. The van der Waals surface area contributed by atoms with Crippen LogP contribution in [0.1, 0.15) is 37.4 Å². The molecular formula is C20H30F3N5O. The molecular weight excluding hydrogens is 383 g/mol. The van der Waals surface area contributed by atoms with E-state index in [1.165, 1.54) is 12.3 Å². The first kappa shape index (κ1) is 21.8. The summed E-state index contributed by atoms with van der Waals surface area (Å²) in [4.78, 5) is 22.3. The highest BCUT2D eigenvalue weighted by Crippen LogP contribution is 2.27. The fourth-order valence-corrected chi connectivity index (χ4v) is 4.16. The maximum Gasteiger partial charge on any atom is 0.433 e. The quantitative estimate of drug-likeness (QED) is 0.825. The monoisotopic (exact) mass is 413 g/mol. The van der Waals surface area contributed by atoms with Crippen molar-refractivity contribution < 1.29 is 18.0 Å². The second-order valence-electron chi connectivity index (χ2n) is 7.77. The average molecular weight is 413 g/mol. The second-order valence-corrected chi connectivity index (χ2v) is 7.77. The standard InChI is InChI=1S/C20H30F3N5O/c1-2-24-19(29)28-9-3-8-27(12-13-28)17-6-10-26(11-7-17)15-16-4-5-18(25-14-16)20(21,22)23/h4-5,14,17H,2-3,6-13,15H2,1H3,(H,24,29). The molecule has 1 aromatic heterocycles. The smallest absolute Gasteiger partial charge is 0.338 e. The number of piperidine rings is 1. The first-order chi connectivity index (χ1) is 13.9. The summed E-state index contributed by atoms with van der Waals surface area (Å²) in [6.45, 7) is 8.48. The van der Waals surface area contributed by atoms with Crippen molar-refractivity contribution in [1.82, 2.24) is 25.0 Å². The highest BCUT2D eigenvalue weighted by molar-refractivity contribution is 5.74. The lowest BCUT2D eigenvalue weighted by Gasteiger charge is -2.38. The molecule has 3 heterocycles. The van der Waals surface area contributed by atoms with E-state index in [2.05, 4.69) is 20.1 Å². The summed E-state index contributed by atoms with van der Waals surface area (Å²) in [6.07, 6.45) is -0.00448. The Morgan fingerprint density at radius 3 is 2.52 bits per heavy atom. The summed E-state index contributed by atoms with van der Waals surface area (Å²) in [7, 11) is 0. The number of urea groups is 1. The maximum absolute atomic E-state index is 12.6. The van der Waals surface area contributed by atoms with E-state index in [9.17, 15) is 18.0 Å². The number of likely N-dealkylation sites (tertiary alicyclic amines) is 1. The van der Waals surface area contributed by atoms with Gasteiger partial charge in [0, 0.05) is 51.5 Å². The van der Waals surface area contributed by atoms with E-state index in [-0.39, 0.29) is 6.03 Å². The molecule has 2 fully saturated rings. The molecule has 2 aliphatic rings. The van der Waals surface area contributed by atoms with Crippen LogP contribution in [-0.4, -0.2) is 77.6 Å². The topological polar surface area (TPSA) is 51.7 Å². The number of carbonyl (C=O) groups is 1. The van der Waals surface area contributed by atoms with Crippen LogP contribution < -0.4 is 5.32 Å². The highest BCUT2D eigenvalue weighted by Gasteiger charge is 2.32. The zero-order valence-corrected chi connectivity index (χ0v) is 16.9. The van der Waals surface area contributed by atoms with E-state index in [1.54, 1.807) is 0 Å². The Labute approximate surface area is 170 Å². The molecule has 0 aromatic carbocycles. The van der Waals surface area contributed by atoms with Gasteiger partial charge in [-0.15, -0.1) is 0 Å². The number of rotatable bonds is 4. The molecule has 0 atom stereocenters. The van der Waals surface area contributed by atoms with Gasteiger partial charge in [0.1, 0.15) is 5.69 Å². The summed E-state index contributed by atoms with van der Waals surface area (Å²) >= 11 is 0.